The first-order valence-electron chi connectivity index (χ1n) is 7.72. The van der Waals surface area contributed by atoms with E-state index in [0.717, 1.165) is 24.2 Å². The SMILES string of the molecule is C[Si](C)OC(CC(Cl)Cl)C12CC3CC(CC(C3)C1)C2. The summed E-state index contributed by atoms with van der Waals surface area (Å²) in [5.41, 5.74) is 0.415. The Labute approximate surface area is 129 Å². The summed E-state index contributed by atoms with van der Waals surface area (Å²) in [7, 11) is -0.687. The van der Waals surface area contributed by atoms with Gasteiger partial charge in [0.1, 0.15) is 4.84 Å². The molecule has 0 aliphatic heterocycles. The number of hydrogen-bond acceptors (Lipinski definition) is 1. The van der Waals surface area contributed by atoms with Crippen LogP contribution in [0.15, 0.2) is 0 Å². The van der Waals surface area contributed by atoms with Crippen LogP contribution < -0.4 is 0 Å². The molecule has 4 bridgehead atoms. The Balaban J connectivity index is 1.80. The summed E-state index contributed by atoms with van der Waals surface area (Å²) in [4.78, 5) is -0.278. The molecule has 4 saturated carbocycles. The number of halogens is 2. The molecule has 19 heavy (non-hydrogen) atoms. The van der Waals surface area contributed by atoms with E-state index in [0.29, 0.717) is 11.5 Å². The van der Waals surface area contributed by atoms with Crippen LogP contribution in [0.25, 0.3) is 0 Å². The lowest BCUT2D eigenvalue weighted by Crippen LogP contribution is -2.53. The molecule has 4 fully saturated rings. The lowest BCUT2D eigenvalue weighted by molar-refractivity contribution is -0.113. The van der Waals surface area contributed by atoms with Gasteiger partial charge in [0.25, 0.3) is 0 Å². The molecule has 4 heteroatoms. The molecule has 0 N–H and O–H groups in total. The second-order valence-corrected chi connectivity index (χ2v) is 10.8. The zero-order chi connectivity index (χ0) is 13.6. The van der Waals surface area contributed by atoms with E-state index in [9.17, 15) is 0 Å². The second-order valence-electron chi connectivity index (χ2n) is 7.42. The van der Waals surface area contributed by atoms with Crippen LogP contribution in [0.4, 0.5) is 0 Å². The molecule has 4 aliphatic carbocycles. The van der Waals surface area contributed by atoms with Crippen molar-refractivity contribution < 1.29 is 4.43 Å². The zero-order valence-corrected chi connectivity index (χ0v) is 14.5. The number of hydrogen-bond donors (Lipinski definition) is 0. The maximum absolute atomic E-state index is 6.38. The molecule has 4 rings (SSSR count). The van der Waals surface area contributed by atoms with Gasteiger partial charge in [-0.05, 0) is 74.8 Å². The van der Waals surface area contributed by atoms with Crippen LogP contribution in [0, 0.1) is 23.2 Å². The van der Waals surface area contributed by atoms with Gasteiger partial charge in [0, 0.05) is 6.42 Å². The quantitative estimate of drug-likeness (QED) is 0.510. The Morgan fingerprint density at radius 3 is 1.89 bits per heavy atom. The average molecular weight is 320 g/mol. The van der Waals surface area contributed by atoms with Crippen LogP contribution in [-0.4, -0.2) is 20.0 Å². The second kappa shape index (κ2) is 5.51. The van der Waals surface area contributed by atoms with E-state index in [-0.39, 0.29) is 4.84 Å². The van der Waals surface area contributed by atoms with Gasteiger partial charge in [-0.3, -0.25) is 0 Å². The number of alkyl halides is 2. The Bertz CT molecular complexity index is 287. The largest absolute Gasteiger partial charge is 0.414 e. The fourth-order valence-electron chi connectivity index (χ4n) is 5.44. The molecule has 0 spiro atoms. The van der Waals surface area contributed by atoms with Crippen molar-refractivity contribution in [3.8, 4) is 0 Å². The van der Waals surface area contributed by atoms with Crippen molar-refractivity contribution in [3.63, 3.8) is 0 Å². The summed E-state index contributed by atoms with van der Waals surface area (Å²) < 4.78 is 6.38. The van der Waals surface area contributed by atoms with Crippen molar-refractivity contribution in [3.05, 3.63) is 0 Å². The van der Waals surface area contributed by atoms with E-state index in [1.165, 1.54) is 38.5 Å². The summed E-state index contributed by atoms with van der Waals surface area (Å²) in [6, 6.07) is 0. The molecule has 0 aromatic carbocycles. The first-order valence-corrected chi connectivity index (χ1v) is 11.0. The Hall–Kier alpha value is 0.757. The van der Waals surface area contributed by atoms with Gasteiger partial charge in [0.2, 0.25) is 9.04 Å². The molecule has 0 amide bonds. The van der Waals surface area contributed by atoms with Crippen LogP contribution in [-0.2, 0) is 4.43 Å². The van der Waals surface area contributed by atoms with Crippen molar-refractivity contribution >= 4 is 32.2 Å². The molecule has 1 radical (unpaired) electrons. The summed E-state index contributed by atoms with van der Waals surface area (Å²) in [6.45, 7) is 4.46. The number of rotatable bonds is 5. The smallest absolute Gasteiger partial charge is 0.205 e. The van der Waals surface area contributed by atoms with Gasteiger partial charge in [0.05, 0.1) is 6.10 Å². The third-order valence-corrected chi connectivity index (χ3v) is 6.65. The van der Waals surface area contributed by atoms with Crippen molar-refractivity contribution in [1.82, 2.24) is 0 Å². The summed E-state index contributed by atoms with van der Waals surface area (Å²) >= 11 is 12.2. The minimum Gasteiger partial charge on any atom is -0.414 e. The Morgan fingerprint density at radius 1 is 1.05 bits per heavy atom. The van der Waals surface area contributed by atoms with Crippen LogP contribution in [0.5, 0.6) is 0 Å². The van der Waals surface area contributed by atoms with Crippen molar-refractivity contribution in [2.45, 2.75) is 69.0 Å². The van der Waals surface area contributed by atoms with E-state index < -0.39 is 9.04 Å². The minimum atomic E-state index is -0.687. The highest BCUT2D eigenvalue weighted by Gasteiger charge is 2.54. The van der Waals surface area contributed by atoms with Crippen LogP contribution in [0.1, 0.15) is 44.9 Å². The van der Waals surface area contributed by atoms with Gasteiger partial charge in [-0.25, -0.2) is 0 Å². The van der Waals surface area contributed by atoms with Crippen molar-refractivity contribution in [2.75, 3.05) is 0 Å². The van der Waals surface area contributed by atoms with E-state index in [4.69, 9.17) is 27.6 Å². The molecule has 0 aromatic rings. The fourth-order valence-corrected chi connectivity index (χ4v) is 6.68. The topological polar surface area (TPSA) is 9.23 Å². The van der Waals surface area contributed by atoms with Crippen LogP contribution >= 0.6 is 23.2 Å². The Kier molecular flexibility index (Phi) is 4.26. The summed E-state index contributed by atoms with van der Waals surface area (Å²) in [6.07, 6.45) is 9.70. The predicted octanol–water partition coefficient (Wildman–Crippen LogP) is 5.03. The molecule has 1 unspecified atom stereocenters. The first kappa shape index (κ1) is 14.7. The van der Waals surface area contributed by atoms with Gasteiger partial charge < -0.3 is 4.43 Å². The normalized spacial score (nSPS) is 42.3. The standard InChI is InChI=1S/C15H25Cl2OSi/c1-19(2)18-13(6-14(16)17)15-7-10-3-11(8-15)5-12(4-10)9-15/h10-14H,3-9H2,1-2H3. The highest BCUT2D eigenvalue weighted by atomic mass is 35.5. The van der Waals surface area contributed by atoms with Crippen molar-refractivity contribution in [1.29, 1.82) is 0 Å². The van der Waals surface area contributed by atoms with Crippen LogP contribution in [0.2, 0.25) is 13.1 Å². The highest BCUT2D eigenvalue weighted by Crippen LogP contribution is 2.62. The molecule has 4 aliphatic rings. The average Bonchev–Trinajstić information content (AvgIpc) is 2.24. The monoisotopic (exact) mass is 319 g/mol. The van der Waals surface area contributed by atoms with E-state index in [1.807, 2.05) is 0 Å². The molecule has 1 atom stereocenters. The molecule has 0 saturated heterocycles. The van der Waals surface area contributed by atoms with E-state index in [1.54, 1.807) is 0 Å². The maximum atomic E-state index is 6.38. The molecule has 0 aromatic heterocycles. The minimum absolute atomic E-state index is 0.278. The third-order valence-electron chi connectivity index (χ3n) is 5.54. The van der Waals surface area contributed by atoms with Gasteiger partial charge in [0.15, 0.2) is 0 Å². The van der Waals surface area contributed by atoms with Crippen LogP contribution in [0.3, 0.4) is 0 Å². The molecular formula is C15H25Cl2OSi. The maximum Gasteiger partial charge on any atom is 0.205 e. The van der Waals surface area contributed by atoms with Gasteiger partial charge in [-0.15, -0.1) is 23.2 Å². The predicted molar refractivity (Wildman–Crippen MR) is 83.1 cm³/mol. The first-order chi connectivity index (χ1) is 8.97. The van der Waals surface area contributed by atoms with Crippen molar-refractivity contribution in [2.24, 2.45) is 23.2 Å². The highest BCUT2D eigenvalue weighted by molar-refractivity contribution is 6.48. The molecular weight excluding hydrogens is 295 g/mol. The summed E-state index contributed by atoms with van der Waals surface area (Å²) in [5.74, 6) is 2.89. The lowest BCUT2D eigenvalue weighted by atomic mass is 9.48. The lowest BCUT2D eigenvalue weighted by Gasteiger charge is -2.59. The third kappa shape index (κ3) is 3.02. The molecule has 1 nitrogen and oxygen atoms in total. The summed E-state index contributed by atoms with van der Waals surface area (Å²) in [5, 5.41) is 0. The molecule has 0 heterocycles. The van der Waals surface area contributed by atoms with Gasteiger partial charge >= 0.3 is 0 Å². The fraction of sp³-hybridized carbons (Fsp3) is 1.00. The zero-order valence-electron chi connectivity index (χ0n) is 12.0. The van der Waals surface area contributed by atoms with Gasteiger partial charge in [-0.1, -0.05) is 0 Å². The Morgan fingerprint density at radius 2 is 1.53 bits per heavy atom. The van der Waals surface area contributed by atoms with E-state index in [2.05, 4.69) is 13.1 Å². The van der Waals surface area contributed by atoms with Gasteiger partial charge in [-0.2, -0.15) is 0 Å². The molecule has 109 valence electrons. The van der Waals surface area contributed by atoms with E-state index >= 15 is 0 Å².